The quantitative estimate of drug-likeness (QED) is 0.312. The second-order valence-corrected chi connectivity index (χ2v) is 8.06. The molecule has 3 nitrogen and oxygen atoms in total. The molecule has 1 atom stereocenters. The molecule has 4 aromatic rings. The molecule has 0 amide bonds. The minimum Gasteiger partial charge on any atom is -0.465 e. The monoisotopic (exact) mass is 423 g/mol. The molecule has 3 heteroatoms. The maximum atomic E-state index is 9.77. The lowest BCUT2D eigenvalue weighted by atomic mass is 10.0. The second kappa shape index (κ2) is 9.71. The van der Waals surface area contributed by atoms with Gasteiger partial charge in [-0.25, -0.2) is 0 Å². The van der Waals surface area contributed by atoms with E-state index in [1.54, 1.807) is 0 Å². The van der Waals surface area contributed by atoms with Crippen LogP contribution in [0.15, 0.2) is 97.1 Å². The summed E-state index contributed by atoms with van der Waals surface area (Å²) in [5.41, 5.74) is 8.06. The topological polar surface area (TPSA) is 32.7 Å². The third-order valence-electron chi connectivity index (χ3n) is 5.52. The number of anilines is 3. The third-order valence-corrected chi connectivity index (χ3v) is 5.52. The van der Waals surface area contributed by atoms with Gasteiger partial charge in [-0.05, 0) is 73.5 Å². The number of rotatable bonds is 7. The molecule has 0 fully saturated rings. The van der Waals surface area contributed by atoms with Crippen molar-refractivity contribution in [1.82, 2.24) is 0 Å². The minimum atomic E-state index is -0.789. The number of aryl methyl sites for hydroxylation is 2. The van der Waals surface area contributed by atoms with Crippen LogP contribution >= 0.6 is 0 Å². The molecule has 0 aliphatic rings. The maximum Gasteiger partial charge on any atom is 0.197 e. The van der Waals surface area contributed by atoms with Gasteiger partial charge >= 0.3 is 0 Å². The van der Waals surface area contributed by atoms with E-state index in [2.05, 4.69) is 91.5 Å². The van der Waals surface area contributed by atoms with Gasteiger partial charge < -0.3 is 14.7 Å². The first-order valence-corrected chi connectivity index (χ1v) is 11.0. The van der Waals surface area contributed by atoms with Crippen LogP contribution in [0.3, 0.4) is 0 Å². The lowest BCUT2D eigenvalue weighted by Gasteiger charge is -2.26. The van der Waals surface area contributed by atoms with Crippen LogP contribution in [0.2, 0.25) is 0 Å². The van der Waals surface area contributed by atoms with Crippen LogP contribution in [-0.4, -0.2) is 11.4 Å². The van der Waals surface area contributed by atoms with Gasteiger partial charge in [-0.1, -0.05) is 66.6 Å². The van der Waals surface area contributed by atoms with E-state index in [0.717, 1.165) is 17.1 Å². The van der Waals surface area contributed by atoms with Crippen LogP contribution in [0.4, 0.5) is 17.1 Å². The first-order valence-electron chi connectivity index (χ1n) is 11.0. The summed E-state index contributed by atoms with van der Waals surface area (Å²) < 4.78 is 5.54. The van der Waals surface area contributed by atoms with Gasteiger partial charge in [-0.2, -0.15) is 0 Å². The zero-order chi connectivity index (χ0) is 22.5. The number of benzene rings is 4. The van der Waals surface area contributed by atoms with E-state index in [0.29, 0.717) is 12.2 Å². The molecule has 1 N–H and O–H groups in total. The highest BCUT2D eigenvalue weighted by Crippen LogP contribution is 2.36. The summed E-state index contributed by atoms with van der Waals surface area (Å²) in [7, 11) is 0. The fourth-order valence-corrected chi connectivity index (χ4v) is 3.60. The molecular formula is C29H29NO2. The highest BCUT2D eigenvalue weighted by molar-refractivity contribution is 5.78. The van der Waals surface area contributed by atoms with Crippen molar-refractivity contribution in [1.29, 1.82) is 0 Å². The lowest BCUT2D eigenvalue weighted by molar-refractivity contribution is -0.0191. The molecule has 162 valence electrons. The van der Waals surface area contributed by atoms with E-state index in [-0.39, 0.29) is 0 Å². The van der Waals surface area contributed by atoms with E-state index < -0.39 is 6.29 Å². The van der Waals surface area contributed by atoms with Gasteiger partial charge in [0.15, 0.2) is 6.29 Å². The molecule has 0 aliphatic heterocycles. The Hall–Kier alpha value is -3.56. The molecule has 0 heterocycles. The first-order chi connectivity index (χ1) is 15.5. The number of ether oxygens (including phenoxy) is 1. The maximum absolute atomic E-state index is 9.77. The number of hydrogen-bond acceptors (Lipinski definition) is 3. The summed E-state index contributed by atoms with van der Waals surface area (Å²) in [6, 6.07) is 33.6. The van der Waals surface area contributed by atoms with Gasteiger partial charge in [0.1, 0.15) is 5.75 Å². The van der Waals surface area contributed by atoms with Crippen LogP contribution < -0.4 is 9.64 Å². The highest BCUT2D eigenvalue weighted by atomic mass is 16.6. The van der Waals surface area contributed by atoms with Gasteiger partial charge in [0, 0.05) is 23.5 Å². The number of aliphatic hydroxyl groups is 1. The number of nitrogens with zero attached hydrogens (tertiary/aromatic N) is 1. The van der Waals surface area contributed by atoms with Crippen LogP contribution in [0.5, 0.6) is 5.75 Å². The van der Waals surface area contributed by atoms with Crippen molar-refractivity contribution < 1.29 is 9.84 Å². The molecule has 4 aromatic carbocycles. The molecule has 1 unspecified atom stereocenters. The van der Waals surface area contributed by atoms with Crippen molar-refractivity contribution in [3.63, 3.8) is 0 Å². The van der Waals surface area contributed by atoms with Gasteiger partial charge in [-0.15, -0.1) is 0 Å². The summed E-state index contributed by atoms with van der Waals surface area (Å²) >= 11 is 0. The molecule has 0 saturated heterocycles. The number of hydrogen-bond donors (Lipinski definition) is 1. The van der Waals surface area contributed by atoms with Gasteiger partial charge in [0.05, 0.1) is 0 Å². The lowest BCUT2D eigenvalue weighted by Crippen LogP contribution is -2.14. The van der Waals surface area contributed by atoms with Crippen molar-refractivity contribution in [2.24, 2.45) is 0 Å². The van der Waals surface area contributed by atoms with Crippen LogP contribution in [-0.2, 0) is 0 Å². The third kappa shape index (κ3) is 5.01. The summed E-state index contributed by atoms with van der Waals surface area (Å²) in [5.74, 6) is 0.654. The molecule has 32 heavy (non-hydrogen) atoms. The van der Waals surface area contributed by atoms with E-state index in [1.165, 1.54) is 22.3 Å². The van der Waals surface area contributed by atoms with E-state index in [4.69, 9.17) is 4.74 Å². The molecule has 0 aromatic heterocycles. The van der Waals surface area contributed by atoms with Crippen molar-refractivity contribution in [3.05, 3.63) is 108 Å². The Labute approximate surface area is 190 Å². The fourth-order valence-electron chi connectivity index (χ4n) is 3.60. The Kier molecular flexibility index (Phi) is 6.58. The van der Waals surface area contributed by atoms with Crippen LogP contribution in [0.25, 0.3) is 11.1 Å². The molecule has 0 spiro atoms. The summed E-state index contributed by atoms with van der Waals surface area (Å²) in [6.45, 7) is 6.08. The zero-order valence-electron chi connectivity index (χ0n) is 18.8. The molecule has 0 radical (unpaired) electrons. The van der Waals surface area contributed by atoms with E-state index in [9.17, 15) is 5.11 Å². The minimum absolute atomic E-state index is 0.546. The van der Waals surface area contributed by atoms with Crippen molar-refractivity contribution >= 4 is 17.1 Å². The average molecular weight is 424 g/mol. The predicted octanol–water partition coefficient (Wildman–Crippen LogP) is 7.55. The van der Waals surface area contributed by atoms with E-state index in [1.807, 2.05) is 31.2 Å². The van der Waals surface area contributed by atoms with Crippen molar-refractivity contribution in [2.45, 2.75) is 33.5 Å². The average Bonchev–Trinajstić information content (AvgIpc) is 2.82. The normalized spacial score (nSPS) is 11.8. The Bertz CT molecular complexity index is 1130. The smallest absolute Gasteiger partial charge is 0.197 e. The molecule has 0 aliphatic carbocycles. The van der Waals surface area contributed by atoms with Crippen molar-refractivity contribution in [2.75, 3.05) is 4.90 Å². The Balaban J connectivity index is 1.68. The molecule has 0 bridgehead atoms. The first kappa shape index (κ1) is 21.7. The fraction of sp³-hybridized carbons (Fsp3) is 0.172. The van der Waals surface area contributed by atoms with Crippen LogP contribution in [0, 0.1) is 13.8 Å². The summed E-state index contributed by atoms with van der Waals surface area (Å²) in [6.07, 6.45) is -0.242. The largest absolute Gasteiger partial charge is 0.465 e. The highest BCUT2D eigenvalue weighted by Gasteiger charge is 2.13. The summed E-state index contributed by atoms with van der Waals surface area (Å²) in [4.78, 5) is 2.22. The Morgan fingerprint density at radius 2 is 1.00 bits per heavy atom. The number of aliphatic hydroxyl groups excluding tert-OH is 1. The molecule has 0 saturated carbocycles. The van der Waals surface area contributed by atoms with Gasteiger partial charge in [-0.3, -0.25) is 0 Å². The van der Waals surface area contributed by atoms with E-state index >= 15 is 0 Å². The molecular weight excluding hydrogens is 394 g/mol. The zero-order valence-corrected chi connectivity index (χ0v) is 18.8. The standard InChI is InChI=1S/C29H29NO2/c1-4-29(31)32-28-19-17-27(18-20-28)30(25-13-7-22(3)8-14-25)26-15-11-24(12-16-26)23-9-5-21(2)6-10-23/h5-20,29,31H,4H2,1-3H3. The van der Waals surface area contributed by atoms with Gasteiger partial charge in [0.25, 0.3) is 0 Å². The molecule has 4 rings (SSSR count). The summed E-state index contributed by atoms with van der Waals surface area (Å²) in [5, 5.41) is 9.77. The predicted molar refractivity (Wildman–Crippen MR) is 133 cm³/mol. The SMILES string of the molecule is CCC(O)Oc1ccc(N(c2ccc(C)cc2)c2ccc(-c3ccc(C)cc3)cc2)cc1. The Morgan fingerprint density at radius 3 is 1.47 bits per heavy atom. The second-order valence-electron chi connectivity index (χ2n) is 8.06. The van der Waals surface area contributed by atoms with Crippen molar-refractivity contribution in [3.8, 4) is 16.9 Å². The van der Waals surface area contributed by atoms with Gasteiger partial charge in [0.2, 0.25) is 0 Å². The Morgan fingerprint density at radius 1 is 0.625 bits per heavy atom. The van der Waals surface area contributed by atoms with Crippen LogP contribution in [0.1, 0.15) is 24.5 Å².